The Morgan fingerprint density at radius 1 is 1.35 bits per heavy atom. The van der Waals surface area contributed by atoms with Gasteiger partial charge in [0.15, 0.2) is 5.60 Å². The van der Waals surface area contributed by atoms with Crippen LogP contribution < -0.4 is 0 Å². The Labute approximate surface area is 95.5 Å². The lowest BCUT2D eigenvalue weighted by molar-refractivity contribution is -0.156. The summed E-state index contributed by atoms with van der Waals surface area (Å²) in [5.74, 6) is -1.48. The molecule has 0 spiro atoms. The van der Waals surface area contributed by atoms with E-state index >= 15 is 0 Å². The molecule has 17 heavy (non-hydrogen) atoms. The van der Waals surface area contributed by atoms with E-state index in [-0.39, 0.29) is 12.0 Å². The van der Waals surface area contributed by atoms with E-state index in [0.29, 0.717) is 0 Å². The van der Waals surface area contributed by atoms with Crippen LogP contribution in [0.1, 0.15) is 18.1 Å². The summed E-state index contributed by atoms with van der Waals surface area (Å²) in [7, 11) is 0. The zero-order valence-corrected chi connectivity index (χ0v) is 8.95. The third kappa shape index (κ3) is 3.45. The molecule has 1 rings (SSSR count). The molecule has 0 unspecified atom stereocenters. The monoisotopic (exact) mass is 248 g/mol. The van der Waals surface area contributed by atoms with Gasteiger partial charge in [-0.3, -0.25) is 0 Å². The lowest BCUT2D eigenvalue weighted by Gasteiger charge is -2.18. The molecule has 1 atom stereocenters. The van der Waals surface area contributed by atoms with Gasteiger partial charge in [0, 0.05) is 6.42 Å². The minimum Gasteiger partial charge on any atom is -0.479 e. The molecule has 0 aromatic heterocycles. The zero-order chi connectivity index (χ0) is 13.3. The maximum absolute atomic E-state index is 12.4. The molecule has 0 heterocycles. The Bertz CT molecular complexity index is 424. The van der Waals surface area contributed by atoms with Crippen molar-refractivity contribution in [1.82, 2.24) is 0 Å². The molecule has 2 N–H and O–H groups in total. The summed E-state index contributed by atoms with van der Waals surface area (Å²) in [5.41, 5.74) is -2.83. The third-order valence-corrected chi connectivity index (χ3v) is 2.26. The number of halogens is 3. The van der Waals surface area contributed by atoms with Crippen LogP contribution >= 0.6 is 0 Å². The normalized spacial score (nSPS) is 15.4. The van der Waals surface area contributed by atoms with Gasteiger partial charge in [0.1, 0.15) is 0 Å². The molecule has 0 fully saturated rings. The van der Waals surface area contributed by atoms with Crippen molar-refractivity contribution in [2.75, 3.05) is 0 Å². The molecule has 94 valence electrons. The summed E-state index contributed by atoms with van der Waals surface area (Å²) in [5, 5.41) is 18.1. The Balaban J connectivity index is 2.98. The average Bonchev–Trinajstić information content (AvgIpc) is 2.15. The van der Waals surface area contributed by atoms with Crippen molar-refractivity contribution in [2.45, 2.75) is 25.1 Å². The maximum Gasteiger partial charge on any atom is 0.416 e. The number of carbonyl (C=O) groups is 1. The van der Waals surface area contributed by atoms with E-state index < -0.39 is 23.3 Å². The van der Waals surface area contributed by atoms with Gasteiger partial charge in [-0.2, -0.15) is 13.2 Å². The lowest BCUT2D eigenvalue weighted by atomic mass is 9.95. The van der Waals surface area contributed by atoms with Crippen molar-refractivity contribution in [1.29, 1.82) is 0 Å². The van der Waals surface area contributed by atoms with E-state index in [9.17, 15) is 23.1 Å². The molecule has 6 heteroatoms. The molecule has 0 saturated heterocycles. The number of carboxylic acid groups (broad SMARTS) is 1. The fourth-order valence-electron chi connectivity index (χ4n) is 1.33. The largest absolute Gasteiger partial charge is 0.479 e. The highest BCUT2D eigenvalue weighted by Crippen LogP contribution is 2.30. The fourth-order valence-corrected chi connectivity index (χ4v) is 1.33. The number of hydrogen-bond donors (Lipinski definition) is 2. The van der Waals surface area contributed by atoms with Gasteiger partial charge in [-0.15, -0.1) is 0 Å². The Kier molecular flexibility index (Phi) is 3.47. The summed E-state index contributed by atoms with van der Waals surface area (Å²) in [6.07, 6.45) is -4.86. The van der Waals surface area contributed by atoms with E-state index in [2.05, 4.69) is 0 Å². The van der Waals surface area contributed by atoms with Gasteiger partial charge in [0.25, 0.3) is 0 Å². The number of benzene rings is 1. The summed E-state index contributed by atoms with van der Waals surface area (Å²) >= 11 is 0. The first-order valence-electron chi connectivity index (χ1n) is 4.75. The molecule has 3 nitrogen and oxygen atoms in total. The lowest BCUT2D eigenvalue weighted by Crippen LogP contribution is -2.37. The van der Waals surface area contributed by atoms with Gasteiger partial charge < -0.3 is 10.2 Å². The third-order valence-electron chi connectivity index (χ3n) is 2.26. The summed E-state index contributed by atoms with van der Waals surface area (Å²) in [6.45, 7) is 1.04. The Morgan fingerprint density at radius 3 is 2.41 bits per heavy atom. The van der Waals surface area contributed by atoms with Crippen molar-refractivity contribution in [3.63, 3.8) is 0 Å². The molecule has 1 aromatic rings. The number of hydrogen-bond acceptors (Lipinski definition) is 2. The van der Waals surface area contributed by atoms with Crippen molar-refractivity contribution in [2.24, 2.45) is 0 Å². The van der Waals surface area contributed by atoms with Gasteiger partial charge in [-0.05, 0) is 18.6 Å². The molecule has 0 amide bonds. The number of aliphatic hydroxyl groups is 1. The predicted octanol–water partition coefficient (Wildman–Crippen LogP) is 2.08. The van der Waals surface area contributed by atoms with E-state index in [1.807, 2.05) is 0 Å². The van der Waals surface area contributed by atoms with E-state index in [4.69, 9.17) is 5.11 Å². The smallest absolute Gasteiger partial charge is 0.416 e. The molecular formula is C11H11F3O3. The molecule has 0 radical (unpaired) electrons. The van der Waals surface area contributed by atoms with Crippen molar-refractivity contribution < 1.29 is 28.2 Å². The van der Waals surface area contributed by atoms with Crippen LogP contribution in [0, 0.1) is 0 Å². The quantitative estimate of drug-likeness (QED) is 0.861. The topological polar surface area (TPSA) is 57.5 Å². The predicted molar refractivity (Wildman–Crippen MR) is 53.4 cm³/mol. The van der Waals surface area contributed by atoms with Gasteiger partial charge in [-0.25, -0.2) is 4.79 Å². The van der Waals surface area contributed by atoms with Crippen LogP contribution in [-0.4, -0.2) is 21.8 Å². The summed E-state index contributed by atoms with van der Waals surface area (Å²) in [6, 6.07) is 4.24. The van der Waals surface area contributed by atoms with Crippen LogP contribution in [0.25, 0.3) is 0 Å². The first-order valence-corrected chi connectivity index (χ1v) is 4.75. The van der Waals surface area contributed by atoms with Crippen LogP contribution in [0.3, 0.4) is 0 Å². The molecule has 0 aliphatic heterocycles. The second-order valence-corrected chi connectivity index (χ2v) is 3.95. The van der Waals surface area contributed by atoms with Crippen molar-refractivity contribution in [3.05, 3.63) is 35.4 Å². The Hall–Kier alpha value is -1.56. The molecule has 0 aliphatic rings. The number of carboxylic acids is 1. The van der Waals surface area contributed by atoms with Crippen LogP contribution in [0.5, 0.6) is 0 Å². The second-order valence-electron chi connectivity index (χ2n) is 3.95. The fraction of sp³-hybridized carbons (Fsp3) is 0.364. The molecule has 0 bridgehead atoms. The van der Waals surface area contributed by atoms with Crippen molar-refractivity contribution >= 4 is 5.97 Å². The van der Waals surface area contributed by atoms with Crippen molar-refractivity contribution in [3.8, 4) is 0 Å². The Morgan fingerprint density at radius 2 is 1.94 bits per heavy atom. The van der Waals surface area contributed by atoms with E-state index in [0.717, 1.165) is 19.1 Å². The van der Waals surface area contributed by atoms with Gasteiger partial charge in [0.2, 0.25) is 0 Å². The van der Waals surface area contributed by atoms with Gasteiger partial charge in [0.05, 0.1) is 5.56 Å². The number of aliphatic carboxylic acids is 1. The average molecular weight is 248 g/mol. The number of rotatable bonds is 3. The van der Waals surface area contributed by atoms with Crippen LogP contribution in [0.4, 0.5) is 13.2 Å². The van der Waals surface area contributed by atoms with Crippen LogP contribution in [0.15, 0.2) is 24.3 Å². The number of alkyl halides is 3. The molecule has 1 aromatic carbocycles. The SMILES string of the molecule is C[C@@](O)(Cc1cccc(C(F)(F)F)c1)C(=O)O. The highest BCUT2D eigenvalue weighted by Gasteiger charge is 2.33. The van der Waals surface area contributed by atoms with E-state index in [1.165, 1.54) is 12.1 Å². The summed E-state index contributed by atoms with van der Waals surface area (Å²) < 4.78 is 37.1. The second kappa shape index (κ2) is 4.37. The first kappa shape index (κ1) is 13.5. The van der Waals surface area contributed by atoms with Crippen LogP contribution in [0.2, 0.25) is 0 Å². The maximum atomic E-state index is 12.4. The minimum absolute atomic E-state index is 0.118. The van der Waals surface area contributed by atoms with E-state index in [1.54, 1.807) is 0 Å². The summed E-state index contributed by atoms with van der Waals surface area (Å²) in [4.78, 5) is 10.6. The van der Waals surface area contributed by atoms with Gasteiger partial charge >= 0.3 is 12.1 Å². The van der Waals surface area contributed by atoms with Crippen LogP contribution in [-0.2, 0) is 17.4 Å². The minimum atomic E-state index is -4.48. The molecule has 0 saturated carbocycles. The first-order chi connectivity index (χ1) is 7.63. The highest BCUT2D eigenvalue weighted by molar-refractivity contribution is 5.76. The zero-order valence-electron chi connectivity index (χ0n) is 8.95. The highest BCUT2D eigenvalue weighted by atomic mass is 19.4. The molecular weight excluding hydrogens is 237 g/mol. The van der Waals surface area contributed by atoms with Gasteiger partial charge in [-0.1, -0.05) is 18.2 Å². The standard InChI is InChI=1S/C11H11F3O3/c1-10(17,9(15)16)6-7-3-2-4-8(5-7)11(12,13)14/h2-5,17H,6H2,1H3,(H,15,16)/t10-/m1/s1. The molecule has 0 aliphatic carbocycles.